The largest absolute Gasteiger partial charge is 0.477 e. The minimum atomic E-state index is -3.59. The zero-order chi connectivity index (χ0) is 90.1. The predicted octanol–water partition coefficient (Wildman–Crippen LogP) is 0.424. The van der Waals surface area contributed by atoms with Crippen LogP contribution in [0.4, 0.5) is 0 Å². The highest BCUT2D eigenvalue weighted by molar-refractivity contribution is 5.78. The quantitative estimate of drug-likeness (QED) is 0.0290. The normalized spacial score (nSPS) is 32.3. The Balaban J connectivity index is 1.39. The van der Waals surface area contributed by atoms with Crippen molar-refractivity contribution in [2.75, 3.05) is 39.6 Å². The maximum absolute atomic E-state index is 14.2. The highest BCUT2D eigenvalue weighted by Gasteiger charge is 2.64. The van der Waals surface area contributed by atoms with Crippen molar-refractivity contribution >= 4 is 35.6 Å². The maximum Gasteiger partial charge on any atom is 0.364 e. The van der Waals surface area contributed by atoms with Crippen LogP contribution in [-0.4, -0.2) is 344 Å². The van der Waals surface area contributed by atoms with E-state index in [1.165, 1.54) is 115 Å². The number of carboxylic acids is 2. The van der Waals surface area contributed by atoms with Crippen LogP contribution in [0.3, 0.4) is 0 Å². The van der Waals surface area contributed by atoms with Crippen molar-refractivity contribution < 1.29 is 168 Å². The van der Waals surface area contributed by atoms with E-state index in [9.17, 15) is 121 Å². The lowest BCUT2D eigenvalue weighted by atomic mass is 9.87. The van der Waals surface area contributed by atoms with E-state index in [-0.39, 0.29) is 6.42 Å². The molecule has 22 N–H and O–H groups in total. The first-order valence-electron chi connectivity index (χ1n) is 44.4. The van der Waals surface area contributed by atoms with Gasteiger partial charge in [-0.25, -0.2) is 9.59 Å². The average Bonchev–Trinajstić information content (AvgIpc) is 0.745. The number of carbonyl (C=O) groups excluding carboxylic acids is 4. The number of aliphatic carboxylic acids is 2. The van der Waals surface area contributed by atoms with Crippen LogP contribution in [0.25, 0.3) is 0 Å². The van der Waals surface area contributed by atoms with Crippen LogP contribution in [0.2, 0.25) is 0 Å². The summed E-state index contributed by atoms with van der Waals surface area (Å²) in [7, 11) is 0. The zero-order valence-corrected chi connectivity index (χ0v) is 71.8. The van der Waals surface area contributed by atoms with Crippen molar-refractivity contribution in [2.24, 2.45) is 0 Å². The summed E-state index contributed by atoms with van der Waals surface area (Å²) in [6, 6.07) is -6.83. The molecule has 708 valence electrons. The van der Waals surface area contributed by atoms with Crippen LogP contribution in [-0.2, 0) is 76.1 Å². The molecule has 0 aliphatic carbocycles. The Kier molecular flexibility index (Phi) is 50.6. The van der Waals surface area contributed by atoms with Gasteiger partial charge in [-0.3, -0.25) is 19.2 Å². The number of allylic oxidation sites excluding steroid dienone is 3. The third-order valence-corrected chi connectivity index (χ3v) is 23.1. The van der Waals surface area contributed by atoms with Gasteiger partial charge < -0.3 is 161 Å². The summed E-state index contributed by atoms with van der Waals surface area (Å²) in [6.07, 6.45) is -10.0. The van der Waals surface area contributed by atoms with E-state index in [1.807, 2.05) is 0 Å². The molecule has 5 fully saturated rings. The second-order valence-electron chi connectivity index (χ2n) is 33.2. The van der Waals surface area contributed by atoms with Crippen LogP contribution >= 0.6 is 0 Å². The first kappa shape index (κ1) is 108. The molecule has 5 rings (SSSR count). The minimum Gasteiger partial charge on any atom is -0.477 e. The fourth-order valence-electron chi connectivity index (χ4n) is 16.2. The van der Waals surface area contributed by atoms with Gasteiger partial charge in [0.15, 0.2) is 18.9 Å². The molecule has 0 bridgehead atoms. The molecule has 4 amide bonds. The Bertz CT molecular complexity index is 3020. The van der Waals surface area contributed by atoms with Gasteiger partial charge in [-0.1, -0.05) is 192 Å². The second kappa shape index (κ2) is 57.2. The first-order valence-corrected chi connectivity index (χ1v) is 44.4. The standard InChI is InChI=1S/C84H148N4O34/c1-6-8-10-12-14-16-18-20-21-22-23-24-25-26-27-29-31-33-35-37-39-41-62(101)88-53(54(97)40-38-36-34-32-30-28-19-17-15-13-11-9-7-2)49-113-79-71(107)70(106)73(60(47-92)115-79)117-80-72(108)77(74(61(48-93)116-80)118-78-65(87-52(5)96)69(105)67(103)58(45-90)114-78)122-84(82(111)112)43-56(99)64(86-51(4)95)76(121-84)68(104)59(46-91)119-83(81(109)110)42-55(98)63(85-50(3)94)75(120-83)66(102)57(100)44-89/h20-21,38,40,53-61,63-80,89-93,97-100,102-108H,6-19,22-37,39,41-49H2,1-5H3,(H,85,94)(H,86,95)(H,87,96)(H,88,101)(H,109,110)(H,111,112)/b21-20-,40-38+/t53-,54+,55?,56?,57+,58?,59+,60?,61?,63+,64+,65?,66+,67-,68+,69+,70+,71?,72?,73+,74-,75?,76?,77+,78-,79+,80-,83+,84-/m0/s1. The molecule has 38 heteroatoms. The van der Waals surface area contributed by atoms with E-state index < -0.39 is 265 Å². The van der Waals surface area contributed by atoms with E-state index in [0.29, 0.717) is 12.8 Å². The van der Waals surface area contributed by atoms with Gasteiger partial charge in [0.25, 0.3) is 11.6 Å². The number of carboxylic acid groups (broad SMARTS) is 2. The molecule has 0 aromatic rings. The van der Waals surface area contributed by atoms with E-state index in [4.69, 9.17) is 47.4 Å². The number of carbonyl (C=O) groups is 6. The van der Waals surface area contributed by atoms with E-state index in [0.717, 1.165) is 97.8 Å². The fraction of sp³-hybridized carbons (Fsp3) is 0.881. The SMILES string of the molecule is CCCCCCCC/C=C\CCCCCCCCCCCCCC(=O)N[C@@H](CO[C@@H]1OC(CO)[C@@H](O[C@@H]2OC(CO)[C@H](O[C@@H]3OC(CO)[C@H](O)[C@H](O)C3NC(C)=O)[C@H](O[C@]3(C(=O)O)CC(O)[C@@H](NC(C)=O)C([C@H](O)[C@@H](CO)O[C@]4(C(=O)O)CC(O)[C@@H](NC(C)=O)C([C@H](O)[C@H](O)CO)O4)O3)C2O)[C@H](O)C1O)[C@H](O)/C=C/CCCCCCCCCCCCC. The van der Waals surface area contributed by atoms with Crippen molar-refractivity contribution in [3.63, 3.8) is 0 Å². The summed E-state index contributed by atoms with van der Waals surface area (Å²) in [6.45, 7) is 0.536. The Morgan fingerprint density at radius 1 is 0.443 bits per heavy atom. The Morgan fingerprint density at radius 3 is 1.33 bits per heavy atom. The number of ether oxygens (including phenoxy) is 10. The van der Waals surface area contributed by atoms with E-state index in [1.54, 1.807) is 6.08 Å². The van der Waals surface area contributed by atoms with Gasteiger partial charge in [-0.15, -0.1) is 0 Å². The number of rotatable bonds is 61. The summed E-state index contributed by atoms with van der Waals surface area (Å²) >= 11 is 0. The van der Waals surface area contributed by atoms with Gasteiger partial charge in [0.05, 0.1) is 76.1 Å². The van der Waals surface area contributed by atoms with Crippen molar-refractivity contribution in [2.45, 2.75) is 430 Å². The molecule has 0 spiro atoms. The summed E-state index contributed by atoms with van der Waals surface area (Å²) in [5.74, 6) is -14.6. The van der Waals surface area contributed by atoms with Crippen molar-refractivity contribution in [1.29, 1.82) is 0 Å². The molecular weight excluding hydrogens is 1610 g/mol. The van der Waals surface area contributed by atoms with E-state index in [2.05, 4.69) is 47.3 Å². The maximum atomic E-state index is 14.2. The molecule has 0 aromatic carbocycles. The molecule has 5 saturated heterocycles. The van der Waals surface area contributed by atoms with Crippen molar-refractivity contribution in [3.8, 4) is 0 Å². The molecular formula is C84H148N4O34. The lowest BCUT2D eigenvalue weighted by Gasteiger charge is -2.52. The molecule has 122 heavy (non-hydrogen) atoms. The summed E-state index contributed by atoms with van der Waals surface area (Å²) < 4.78 is 60.0. The number of unbranched alkanes of at least 4 members (excludes halogenated alkanes) is 28. The van der Waals surface area contributed by atoms with Gasteiger partial charge >= 0.3 is 11.9 Å². The van der Waals surface area contributed by atoms with Crippen LogP contribution < -0.4 is 21.3 Å². The predicted molar refractivity (Wildman–Crippen MR) is 435 cm³/mol. The van der Waals surface area contributed by atoms with Crippen LogP contribution in [0.15, 0.2) is 24.3 Å². The smallest absolute Gasteiger partial charge is 0.364 e. The third-order valence-electron chi connectivity index (χ3n) is 23.1. The number of hydrogen-bond donors (Lipinski definition) is 22. The molecule has 0 aromatic heterocycles. The second-order valence-corrected chi connectivity index (χ2v) is 33.2. The average molecular weight is 1760 g/mol. The van der Waals surface area contributed by atoms with Gasteiger partial charge in [0.1, 0.15) is 110 Å². The van der Waals surface area contributed by atoms with Crippen molar-refractivity contribution in [1.82, 2.24) is 21.3 Å². The fourth-order valence-corrected chi connectivity index (χ4v) is 16.2. The first-order chi connectivity index (χ1) is 58.3. The van der Waals surface area contributed by atoms with Gasteiger partial charge in [-0.2, -0.15) is 0 Å². The molecule has 38 nitrogen and oxygen atoms in total. The van der Waals surface area contributed by atoms with Gasteiger partial charge in [0.2, 0.25) is 23.6 Å². The summed E-state index contributed by atoms with van der Waals surface area (Å²) in [5.41, 5.74) is 0. The van der Waals surface area contributed by atoms with Crippen LogP contribution in [0, 0.1) is 0 Å². The number of aliphatic hydroxyl groups excluding tert-OH is 16. The van der Waals surface area contributed by atoms with E-state index >= 15 is 0 Å². The molecule has 5 heterocycles. The van der Waals surface area contributed by atoms with Crippen molar-refractivity contribution in [3.05, 3.63) is 24.3 Å². The lowest BCUT2D eigenvalue weighted by molar-refractivity contribution is -0.402. The monoisotopic (exact) mass is 1760 g/mol. The summed E-state index contributed by atoms with van der Waals surface area (Å²) in [4.78, 5) is 79.2. The molecule has 0 radical (unpaired) electrons. The Morgan fingerprint density at radius 2 is 0.861 bits per heavy atom. The van der Waals surface area contributed by atoms with Gasteiger partial charge in [0, 0.05) is 40.0 Å². The number of nitrogens with one attached hydrogen (secondary N) is 4. The van der Waals surface area contributed by atoms with Gasteiger partial charge in [-0.05, 0) is 44.9 Å². The van der Waals surface area contributed by atoms with Crippen LogP contribution in [0.1, 0.15) is 253 Å². The zero-order valence-electron chi connectivity index (χ0n) is 71.8. The number of aliphatic hydroxyl groups is 16. The van der Waals surface area contributed by atoms with Crippen LogP contribution in [0.5, 0.6) is 0 Å². The molecule has 5 aliphatic rings. The molecule has 0 saturated carbocycles. The topological polar surface area (TPSA) is 607 Å². The number of amides is 4. The molecule has 10 unspecified atom stereocenters. The highest BCUT2D eigenvalue weighted by Crippen LogP contribution is 2.43. The Labute approximate surface area is 715 Å². The molecule has 5 aliphatic heterocycles. The lowest BCUT2D eigenvalue weighted by Crippen LogP contribution is -2.72. The minimum absolute atomic E-state index is 0.109. The highest BCUT2D eigenvalue weighted by atomic mass is 16.8. The number of hydrogen-bond acceptors (Lipinski definition) is 32. The summed E-state index contributed by atoms with van der Waals surface area (Å²) in [5, 5.41) is 213. The molecule has 29 atom stereocenters. The third kappa shape index (κ3) is 34.0. The Hall–Kier alpha value is -4.74.